The SMILES string of the molecule is CCN1C(=O)C2(CCN(S(=O)(=O)c3cc(OC)ccc3OC)CC2)c2ccccc21. The van der Waals surface area contributed by atoms with E-state index in [0.717, 1.165) is 11.3 Å². The maximum absolute atomic E-state index is 13.4. The number of likely N-dealkylation sites (N-methyl/N-ethyl adjacent to an activating group) is 1. The van der Waals surface area contributed by atoms with Gasteiger partial charge in [0.2, 0.25) is 15.9 Å². The minimum Gasteiger partial charge on any atom is -0.497 e. The quantitative estimate of drug-likeness (QED) is 0.729. The van der Waals surface area contributed by atoms with E-state index < -0.39 is 15.4 Å². The van der Waals surface area contributed by atoms with E-state index in [4.69, 9.17) is 9.47 Å². The maximum atomic E-state index is 13.4. The zero-order chi connectivity index (χ0) is 21.5. The average Bonchev–Trinajstić information content (AvgIpc) is 3.01. The van der Waals surface area contributed by atoms with Gasteiger partial charge in [0.1, 0.15) is 16.4 Å². The number of nitrogens with zero attached hydrogens (tertiary/aromatic N) is 2. The van der Waals surface area contributed by atoms with Crippen LogP contribution in [0.4, 0.5) is 5.69 Å². The summed E-state index contributed by atoms with van der Waals surface area (Å²) in [5.41, 5.74) is 1.29. The van der Waals surface area contributed by atoms with Gasteiger partial charge in [-0.25, -0.2) is 8.42 Å². The molecule has 0 unspecified atom stereocenters. The van der Waals surface area contributed by atoms with Crippen LogP contribution in [-0.2, 0) is 20.2 Å². The Morgan fingerprint density at radius 3 is 2.37 bits per heavy atom. The third-order valence-corrected chi connectivity index (χ3v) is 8.17. The van der Waals surface area contributed by atoms with E-state index in [0.29, 0.717) is 25.1 Å². The molecule has 1 saturated heterocycles. The van der Waals surface area contributed by atoms with Gasteiger partial charge in [0.15, 0.2) is 0 Å². The van der Waals surface area contributed by atoms with Crippen LogP contribution >= 0.6 is 0 Å². The number of ether oxygens (including phenoxy) is 2. The molecule has 0 saturated carbocycles. The molecule has 7 nitrogen and oxygen atoms in total. The molecule has 0 N–H and O–H groups in total. The molecular formula is C22H26N2O5S. The summed E-state index contributed by atoms with van der Waals surface area (Å²) in [4.78, 5) is 15.2. The highest BCUT2D eigenvalue weighted by atomic mass is 32.2. The van der Waals surface area contributed by atoms with E-state index in [1.54, 1.807) is 12.1 Å². The van der Waals surface area contributed by atoms with Crippen molar-refractivity contribution >= 4 is 21.6 Å². The molecule has 160 valence electrons. The number of methoxy groups -OCH3 is 2. The molecule has 8 heteroatoms. The third-order valence-electron chi connectivity index (χ3n) is 6.25. The highest BCUT2D eigenvalue weighted by Crippen LogP contribution is 2.48. The fraction of sp³-hybridized carbons (Fsp3) is 0.409. The zero-order valence-corrected chi connectivity index (χ0v) is 18.2. The minimum absolute atomic E-state index is 0.0715. The van der Waals surface area contributed by atoms with Gasteiger partial charge in [-0.15, -0.1) is 0 Å². The van der Waals surface area contributed by atoms with Crippen molar-refractivity contribution in [3.63, 3.8) is 0 Å². The second-order valence-electron chi connectivity index (χ2n) is 7.57. The fourth-order valence-corrected chi connectivity index (χ4v) is 6.24. The van der Waals surface area contributed by atoms with Crippen LogP contribution in [0.15, 0.2) is 47.4 Å². The van der Waals surface area contributed by atoms with Crippen molar-refractivity contribution in [2.45, 2.75) is 30.1 Å². The van der Waals surface area contributed by atoms with Crippen LogP contribution in [0.5, 0.6) is 11.5 Å². The Balaban J connectivity index is 1.65. The number of amides is 1. The van der Waals surface area contributed by atoms with Crippen molar-refractivity contribution < 1.29 is 22.7 Å². The Morgan fingerprint density at radius 2 is 1.73 bits per heavy atom. The number of hydrogen-bond acceptors (Lipinski definition) is 5. The molecule has 2 aromatic carbocycles. The number of benzene rings is 2. The first kappa shape index (κ1) is 20.7. The molecule has 0 atom stereocenters. The summed E-state index contributed by atoms with van der Waals surface area (Å²) < 4.78 is 38.7. The van der Waals surface area contributed by atoms with E-state index in [1.165, 1.54) is 24.6 Å². The summed E-state index contributed by atoms with van der Waals surface area (Å²) >= 11 is 0. The van der Waals surface area contributed by atoms with Crippen LogP contribution in [0, 0.1) is 0 Å². The second kappa shape index (κ2) is 7.59. The normalized spacial score (nSPS) is 18.5. The third kappa shape index (κ3) is 2.97. The predicted molar refractivity (Wildman–Crippen MR) is 114 cm³/mol. The van der Waals surface area contributed by atoms with E-state index in [2.05, 4.69) is 0 Å². The fourth-order valence-electron chi connectivity index (χ4n) is 4.63. The molecule has 0 aliphatic carbocycles. The smallest absolute Gasteiger partial charge is 0.246 e. The minimum atomic E-state index is -3.79. The molecule has 2 heterocycles. The Morgan fingerprint density at radius 1 is 1.03 bits per heavy atom. The number of hydrogen-bond donors (Lipinski definition) is 0. The maximum Gasteiger partial charge on any atom is 0.246 e. The summed E-state index contributed by atoms with van der Waals surface area (Å²) in [6, 6.07) is 12.6. The van der Waals surface area contributed by atoms with Crippen molar-refractivity contribution in [1.82, 2.24) is 4.31 Å². The summed E-state index contributed by atoms with van der Waals surface area (Å²) in [5, 5.41) is 0. The van der Waals surface area contributed by atoms with E-state index in [1.807, 2.05) is 36.1 Å². The molecule has 1 fully saturated rings. The van der Waals surface area contributed by atoms with E-state index >= 15 is 0 Å². The average molecular weight is 431 g/mol. The predicted octanol–water partition coefficient (Wildman–Crippen LogP) is 2.79. The molecule has 1 spiro atoms. The van der Waals surface area contributed by atoms with Crippen molar-refractivity contribution in [3.8, 4) is 11.5 Å². The molecule has 0 radical (unpaired) electrons. The van der Waals surface area contributed by atoms with Gasteiger partial charge in [0, 0.05) is 31.4 Å². The molecule has 30 heavy (non-hydrogen) atoms. The highest BCUT2D eigenvalue weighted by Gasteiger charge is 2.52. The number of rotatable bonds is 5. The van der Waals surface area contributed by atoms with Gasteiger partial charge >= 0.3 is 0 Å². The van der Waals surface area contributed by atoms with Crippen molar-refractivity contribution in [2.24, 2.45) is 0 Å². The number of carbonyl (C=O) groups excluding carboxylic acids is 1. The lowest BCUT2D eigenvalue weighted by molar-refractivity contribution is -0.124. The summed E-state index contributed by atoms with van der Waals surface area (Å²) in [6.07, 6.45) is 0.899. The lowest BCUT2D eigenvalue weighted by atomic mass is 9.74. The van der Waals surface area contributed by atoms with Gasteiger partial charge in [0.05, 0.1) is 19.6 Å². The standard InChI is InChI=1S/C22H26N2O5S/c1-4-24-18-8-6-5-7-17(18)22(21(24)25)11-13-23(14-12-22)30(26,27)20-15-16(28-2)9-10-19(20)29-3/h5-10,15H,4,11-14H2,1-3H3. The highest BCUT2D eigenvalue weighted by molar-refractivity contribution is 7.89. The first-order chi connectivity index (χ1) is 14.4. The summed E-state index contributed by atoms with van der Waals surface area (Å²) in [7, 11) is -0.859. The summed E-state index contributed by atoms with van der Waals surface area (Å²) in [5.74, 6) is 0.791. The first-order valence-corrected chi connectivity index (χ1v) is 11.5. The van der Waals surface area contributed by atoms with E-state index in [9.17, 15) is 13.2 Å². The van der Waals surface area contributed by atoms with Crippen LogP contribution in [0.25, 0.3) is 0 Å². The van der Waals surface area contributed by atoms with Crippen molar-refractivity contribution in [2.75, 3.05) is 38.8 Å². The van der Waals surface area contributed by atoms with Gasteiger partial charge < -0.3 is 14.4 Å². The lowest BCUT2D eigenvalue weighted by Gasteiger charge is -2.38. The molecule has 2 aliphatic rings. The van der Waals surface area contributed by atoms with Crippen molar-refractivity contribution in [1.29, 1.82) is 0 Å². The van der Waals surface area contributed by atoms with Crippen LogP contribution in [0.2, 0.25) is 0 Å². The largest absolute Gasteiger partial charge is 0.497 e. The number of carbonyl (C=O) groups is 1. The van der Waals surface area contributed by atoms with Gasteiger partial charge in [-0.2, -0.15) is 4.31 Å². The monoisotopic (exact) mass is 430 g/mol. The molecular weight excluding hydrogens is 404 g/mol. The molecule has 2 aromatic rings. The van der Waals surface area contributed by atoms with Crippen LogP contribution in [0.1, 0.15) is 25.3 Å². The van der Waals surface area contributed by atoms with Gasteiger partial charge in [0.25, 0.3) is 0 Å². The van der Waals surface area contributed by atoms with Crippen LogP contribution in [-0.4, -0.2) is 52.5 Å². The number of fused-ring (bicyclic) bond motifs is 2. The van der Waals surface area contributed by atoms with Crippen LogP contribution in [0.3, 0.4) is 0 Å². The Hall–Kier alpha value is -2.58. The molecule has 4 rings (SSSR count). The van der Waals surface area contributed by atoms with Gasteiger partial charge in [-0.1, -0.05) is 18.2 Å². The number of sulfonamides is 1. The zero-order valence-electron chi connectivity index (χ0n) is 17.4. The van der Waals surface area contributed by atoms with E-state index in [-0.39, 0.29) is 29.6 Å². The Kier molecular flexibility index (Phi) is 5.23. The molecule has 0 aromatic heterocycles. The number of anilines is 1. The Labute approximate surface area is 177 Å². The number of piperidine rings is 1. The number of para-hydroxylation sites is 1. The molecule has 2 aliphatic heterocycles. The molecule has 1 amide bonds. The van der Waals surface area contributed by atoms with Gasteiger partial charge in [-0.05, 0) is 43.5 Å². The van der Waals surface area contributed by atoms with Crippen molar-refractivity contribution in [3.05, 3.63) is 48.0 Å². The van der Waals surface area contributed by atoms with Gasteiger partial charge in [-0.3, -0.25) is 4.79 Å². The van der Waals surface area contributed by atoms with Crippen LogP contribution < -0.4 is 14.4 Å². The second-order valence-corrected chi connectivity index (χ2v) is 9.48. The summed E-state index contributed by atoms with van der Waals surface area (Å²) in [6.45, 7) is 3.09. The lowest BCUT2D eigenvalue weighted by Crippen LogP contribution is -2.50. The Bertz CT molecular complexity index is 1070. The topological polar surface area (TPSA) is 76.2 Å². The molecule has 0 bridgehead atoms. The first-order valence-electron chi connectivity index (χ1n) is 10.0.